The summed E-state index contributed by atoms with van der Waals surface area (Å²) in [6.45, 7) is 8.83. The molecule has 198 valence electrons. The smallest absolute Gasteiger partial charge is 0.410 e. The van der Waals surface area contributed by atoms with E-state index >= 15 is 0 Å². The molecule has 1 aromatic rings. The third kappa shape index (κ3) is 5.77. The van der Waals surface area contributed by atoms with Crippen molar-refractivity contribution in [3.63, 3.8) is 0 Å². The monoisotopic (exact) mass is 500 g/mol. The molecule has 2 heterocycles. The number of amides is 4. The largest absolute Gasteiger partial charge is 0.444 e. The van der Waals surface area contributed by atoms with Crippen molar-refractivity contribution < 1.29 is 24.0 Å². The number of hydrogen-bond acceptors (Lipinski definition) is 5. The molecule has 9 nitrogen and oxygen atoms in total. The van der Waals surface area contributed by atoms with Crippen molar-refractivity contribution in [2.45, 2.75) is 90.1 Å². The molecular formula is C27H40N4O5. The van der Waals surface area contributed by atoms with E-state index in [0.717, 1.165) is 24.8 Å². The quantitative estimate of drug-likeness (QED) is 0.555. The van der Waals surface area contributed by atoms with Crippen molar-refractivity contribution in [1.82, 2.24) is 20.2 Å². The normalized spacial score (nSPS) is 23.0. The van der Waals surface area contributed by atoms with Crippen molar-refractivity contribution in [3.8, 4) is 0 Å². The molecule has 9 heteroatoms. The predicted octanol–water partition coefficient (Wildman–Crippen LogP) is 3.93. The highest BCUT2D eigenvalue weighted by Crippen LogP contribution is 2.59. The molecular weight excluding hydrogens is 460 g/mol. The molecule has 1 unspecified atom stereocenters. The lowest BCUT2D eigenvalue weighted by Crippen LogP contribution is -2.54. The van der Waals surface area contributed by atoms with Crippen LogP contribution < -0.4 is 5.32 Å². The van der Waals surface area contributed by atoms with Gasteiger partial charge in [-0.05, 0) is 63.9 Å². The summed E-state index contributed by atoms with van der Waals surface area (Å²) < 4.78 is 5.41. The number of urea groups is 1. The summed E-state index contributed by atoms with van der Waals surface area (Å²) in [6, 6.07) is 8.96. The van der Waals surface area contributed by atoms with Crippen molar-refractivity contribution in [2.75, 3.05) is 20.1 Å². The SMILES string of the molecule is CCC(CCN(C)C(=O)OC(C)(C)C)NC(=O)[C@@H]1CC2(CC2)[C@H]2CN1C(=O)N2OCc1ccccc1. The Labute approximate surface area is 214 Å². The van der Waals surface area contributed by atoms with Crippen LogP contribution in [0.2, 0.25) is 0 Å². The van der Waals surface area contributed by atoms with Gasteiger partial charge in [0.05, 0.1) is 6.04 Å². The number of hydroxylamine groups is 2. The molecule has 4 rings (SSSR count). The summed E-state index contributed by atoms with van der Waals surface area (Å²) in [7, 11) is 1.70. The van der Waals surface area contributed by atoms with Crippen LogP contribution in [0.1, 0.15) is 65.4 Å². The van der Waals surface area contributed by atoms with Gasteiger partial charge in [0.1, 0.15) is 18.2 Å². The van der Waals surface area contributed by atoms with Gasteiger partial charge in [-0.3, -0.25) is 9.63 Å². The van der Waals surface area contributed by atoms with Crippen LogP contribution in [0.4, 0.5) is 9.59 Å². The zero-order valence-electron chi connectivity index (χ0n) is 22.2. The minimum absolute atomic E-state index is 0.0118. The van der Waals surface area contributed by atoms with Crippen LogP contribution in [-0.2, 0) is 21.0 Å². The summed E-state index contributed by atoms with van der Waals surface area (Å²) in [6.07, 6.45) is 3.63. The number of carbonyl (C=O) groups excluding carboxylic acids is 3. The van der Waals surface area contributed by atoms with Gasteiger partial charge in [0, 0.05) is 26.2 Å². The van der Waals surface area contributed by atoms with E-state index < -0.39 is 11.6 Å². The number of rotatable bonds is 9. The third-order valence-electron chi connectivity index (χ3n) is 7.54. The minimum atomic E-state index is -0.553. The average molecular weight is 501 g/mol. The fourth-order valence-corrected chi connectivity index (χ4v) is 5.18. The number of nitrogens with zero attached hydrogens (tertiary/aromatic N) is 3. The van der Waals surface area contributed by atoms with Crippen molar-refractivity contribution in [1.29, 1.82) is 0 Å². The lowest BCUT2D eigenvalue weighted by atomic mass is 9.85. The maximum absolute atomic E-state index is 13.4. The summed E-state index contributed by atoms with van der Waals surface area (Å²) >= 11 is 0. The van der Waals surface area contributed by atoms with Gasteiger partial charge in [0.15, 0.2) is 0 Å². The standard InChI is InChI=1S/C27H40N4O5/c1-6-20(12-15-29(5)25(34)36-26(2,3)4)28-23(32)21-16-27(13-14-27)22-17-30(21)24(33)31(22)35-18-19-10-8-7-9-11-19/h7-11,20-22H,6,12-18H2,1-5H3,(H,28,32)/t20?,21-,22+/m0/s1. The zero-order chi connectivity index (χ0) is 26.1. The molecule has 1 spiro atoms. The van der Waals surface area contributed by atoms with E-state index in [2.05, 4.69) is 5.32 Å². The van der Waals surface area contributed by atoms with E-state index in [4.69, 9.17) is 9.57 Å². The highest BCUT2D eigenvalue weighted by atomic mass is 16.7. The second-order valence-corrected chi connectivity index (χ2v) is 11.4. The summed E-state index contributed by atoms with van der Waals surface area (Å²) in [5.74, 6) is -0.121. The Hall–Kier alpha value is -2.81. The topological polar surface area (TPSA) is 91.4 Å². The molecule has 0 aromatic heterocycles. The summed E-state index contributed by atoms with van der Waals surface area (Å²) in [5, 5.41) is 4.68. The average Bonchev–Trinajstić information content (AvgIpc) is 3.54. The summed E-state index contributed by atoms with van der Waals surface area (Å²) in [4.78, 5) is 48.2. The molecule has 3 fully saturated rings. The fraction of sp³-hybridized carbons (Fsp3) is 0.667. The van der Waals surface area contributed by atoms with Gasteiger partial charge < -0.3 is 19.9 Å². The van der Waals surface area contributed by atoms with Crippen LogP contribution in [0, 0.1) is 5.41 Å². The Kier molecular flexibility index (Phi) is 7.50. The van der Waals surface area contributed by atoms with Crippen LogP contribution in [0.25, 0.3) is 0 Å². The number of piperidine rings is 1. The van der Waals surface area contributed by atoms with Crippen molar-refractivity contribution in [2.24, 2.45) is 5.41 Å². The molecule has 36 heavy (non-hydrogen) atoms. The fourth-order valence-electron chi connectivity index (χ4n) is 5.18. The molecule has 2 saturated heterocycles. The van der Waals surface area contributed by atoms with Gasteiger partial charge in [0.25, 0.3) is 0 Å². The Morgan fingerprint density at radius 2 is 1.92 bits per heavy atom. The van der Waals surface area contributed by atoms with Crippen LogP contribution >= 0.6 is 0 Å². The molecule has 1 N–H and O–H groups in total. The molecule has 1 aliphatic carbocycles. The molecule has 2 aliphatic heterocycles. The first kappa shape index (κ1) is 26.3. The number of fused-ring (bicyclic) bond motifs is 3. The molecule has 3 atom stereocenters. The Bertz CT molecular complexity index is 959. The maximum atomic E-state index is 13.4. The van der Waals surface area contributed by atoms with E-state index in [9.17, 15) is 14.4 Å². The third-order valence-corrected chi connectivity index (χ3v) is 7.54. The molecule has 1 aromatic carbocycles. The van der Waals surface area contributed by atoms with Gasteiger partial charge in [0.2, 0.25) is 5.91 Å². The highest BCUT2D eigenvalue weighted by Gasteiger charge is 2.64. The van der Waals surface area contributed by atoms with Crippen molar-refractivity contribution >= 4 is 18.0 Å². The molecule has 3 aliphatic rings. The predicted molar refractivity (Wildman–Crippen MR) is 135 cm³/mol. The number of ether oxygens (including phenoxy) is 1. The first-order valence-corrected chi connectivity index (χ1v) is 13.0. The van der Waals surface area contributed by atoms with E-state index in [1.807, 2.05) is 58.0 Å². The Morgan fingerprint density at radius 1 is 1.22 bits per heavy atom. The highest BCUT2D eigenvalue weighted by molar-refractivity contribution is 5.89. The Balaban J connectivity index is 1.35. The lowest BCUT2D eigenvalue weighted by molar-refractivity contribution is -0.153. The van der Waals surface area contributed by atoms with Crippen LogP contribution in [0.15, 0.2) is 30.3 Å². The molecule has 4 amide bonds. The Morgan fingerprint density at radius 3 is 2.53 bits per heavy atom. The number of carbonyl (C=O) groups is 3. The van der Waals surface area contributed by atoms with E-state index in [-0.39, 0.29) is 35.5 Å². The number of benzene rings is 1. The van der Waals surface area contributed by atoms with Gasteiger partial charge in [-0.25, -0.2) is 9.59 Å². The van der Waals surface area contributed by atoms with Gasteiger partial charge >= 0.3 is 12.1 Å². The minimum Gasteiger partial charge on any atom is -0.444 e. The van der Waals surface area contributed by atoms with Crippen LogP contribution in [0.5, 0.6) is 0 Å². The maximum Gasteiger partial charge on any atom is 0.410 e. The first-order valence-electron chi connectivity index (χ1n) is 13.0. The van der Waals surface area contributed by atoms with E-state index in [0.29, 0.717) is 32.5 Å². The van der Waals surface area contributed by atoms with Crippen LogP contribution in [-0.4, -0.2) is 76.8 Å². The molecule has 1 saturated carbocycles. The number of hydrogen-bond donors (Lipinski definition) is 1. The second kappa shape index (κ2) is 10.3. The molecule has 2 bridgehead atoms. The van der Waals surface area contributed by atoms with E-state index in [1.54, 1.807) is 11.9 Å². The lowest BCUT2D eigenvalue weighted by Gasteiger charge is -2.36. The van der Waals surface area contributed by atoms with E-state index in [1.165, 1.54) is 9.96 Å². The van der Waals surface area contributed by atoms with Gasteiger partial charge in [-0.1, -0.05) is 37.3 Å². The number of nitrogens with one attached hydrogen (secondary N) is 1. The zero-order valence-corrected chi connectivity index (χ0v) is 22.2. The van der Waals surface area contributed by atoms with Gasteiger partial charge in [-0.2, -0.15) is 5.06 Å². The second-order valence-electron chi connectivity index (χ2n) is 11.4. The van der Waals surface area contributed by atoms with Crippen LogP contribution in [0.3, 0.4) is 0 Å². The first-order chi connectivity index (χ1) is 17.0. The summed E-state index contributed by atoms with van der Waals surface area (Å²) in [5.41, 5.74) is 0.408. The molecule has 0 radical (unpaired) electrons. The van der Waals surface area contributed by atoms with Crippen molar-refractivity contribution in [3.05, 3.63) is 35.9 Å². The van der Waals surface area contributed by atoms with Gasteiger partial charge in [-0.15, -0.1) is 0 Å².